The summed E-state index contributed by atoms with van der Waals surface area (Å²) >= 11 is 2.45. The van der Waals surface area contributed by atoms with Crippen molar-refractivity contribution in [2.24, 2.45) is 8.73 Å². The van der Waals surface area contributed by atoms with Crippen LogP contribution in [0.4, 0.5) is 45.5 Å². The van der Waals surface area contributed by atoms with E-state index >= 15 is 0 Å². The predicted octanol–water partition coefficient (Wildman–Crippen LogP) is 23.6. The first kappa shape index (κ1) is 63.5. The molecule has 0 atom stereocenters. The van der Waals surface area contributed by atoms with Gasteiger partial charge in [0.2, 0.25) is 0 Å². The van der Waals surface area contributed by atoms with Gasteiger partial charge in [0, 0.05) is 45.3 Å². The zero-order chi connectivity index (χ0) is 59.4. The second-order valence-corrected chi connectivity index (χ2v) is 23.9. The van der Waals surface area contributed by atoms with E-state index in [4.69, 9.17) is 36.4 Å². The second kappa shape index (κ2) is 35.0. The van der Waals surface area contributed by atoms with Crippen LogP contribution >= 0.6 is 11.7 Å². The van der Waals surface area contributed by atoms with Gasteiger partial charge in [0.05, 0.1) is 49.5 Å². The maximum Gasteiger partial charge on any atom is 0.119 e. The summed E-state index contributed by atoms with van der Waals surface area (Å²) in [4.78, 5) is 4.57. The molecule has 0 aliphatic carbocycles. The largest absolute Gasteiger partial charge is 0.494 e. The fourth-order valence-corrected chi connectivity index (χ4v) is 12.4. The Morgan fingerprint density at radius 2 is 0.523 bits per heavy atom. The van der Waals surface area contributed by atoms with Crippen LogP contribution in [0.1, 0.15) is 182 Å². The molecule has 9 rings (SSSR count). The van der Waals surface area contributed by atoms with Crippen molar-refractivity contribution in [3.05, 3.63) is 146 Å². The Bertz CT molecular complexity index is 2970. The standard InChI is InChI=1S/C74H92N6O4S2/c1-5-9-13-17-21-25-53-81-65-45-37-61(38-46-65)79(62-39-47-66(48-40-62)82-54-26-22-18-14-10-6-2)59-33-29-57(30-34-59)69-71-73(77-85-75-71)70(74-72(69)76-86-78-74)58-31-35-60(36-32-58)80(63-41-49-67(50-42-63)83-55-27-23-19-15-11-7-3)64-43-51-68(52-44-64)84-56-28-24-20-16-12-8-4/h29-52H,5-28,53-56H2,1-4H3. The number of fused-ring (bicyclic) bond motifs is 2. The van der Waals surface area contributed by atoms with Gasteiger partial charge in [0.1, 0.15) is 45.4 Å². The van der Waals surface area contributed by atoms with Crippen molar-refractivity contribution in [3.63, 3.8) is 0 Å². The van der Waals surface area contributed by atoms with Gasteiger partial charge in [-0.15, -0.1) is 0 Å². The van der Waals surface area contributed by atoms with E-state index in [0.29, 0.717) is 0 Å². The molecule has 0 fully saturated rings. The maximum atomic E-state index is 6.24. The van der Waals surface area contributed by atoms with Crippen molar-refractivity contribution in [1.29, 1.82) is 0 Å². The minimum Gasteiger partial charge on any atom is -0.494 e. The molecular formula is C74H92N6O4S2. The van der Waals surface area contributed by atoms with Gasteiger partial charge < -0.3 is 28.7 Å². The summed E-state index contributed by atoms with van der Waals surface area (Å²) < 4.78 is 44.9. The summed E-state index contributed by atoms with van der Waals surface area (Å²) in [5.41, 5.74) is 13.3. The van der Waals surface area contributed by atoms with Gasteiger partial charge in [0.15, 0.2) is 0 Å². The van der Waals surface area contributed by atoms with E-state index in [2.05, 4.69) is 183 Å². The SMILES string of the molecule is CCCCCCCCOc1ccc(N(c2ccc(OCCCCCCCC)cc2)c2ccc(-c3c4c(c(-c5ccc(N(c6ccc(OCCCCCCCC)cc6)c6ccc(OCCCCCCCC)cc6)cc5)c5nsnc35)N=S=N4)cc2)cc1. The van der Waals surface area contributed by atoms with Crippen LogP contribution in [0, 0.1) is 0 Å². The van der Waals surface area contributed by atoms with E-state index in [1.807, 2.05) is 0 Å². The minimum atomic E-state index is 0.726. The third-order valence-electron chi connectivity index (χ3n) is 16.2. The van der Waals surface area contributed by atoms with Crippen molar-refractivity contribution < 1.29 is 18.9 Å². The predicted molar refractivity (Wildman–Crippen MR) is 365 cm³/mol. The number of benzene rings is 7. The Labute approximate surface area is 521 Å². The fraction of sp³-hybridized carbons (Fsp3) is 0.432. The van der Waals surface area contributed by atoms with Crippen molar-refractivity contribution >= 4 is 79.6 Å². The van der Waals surface area contributed by atoms with E-state index in [0.717, 1.165) is 154 Å². The molecule has 0 saturated carbocycles. The van der Waals surface area contributed by atoms with E-state index < -0.39 is 0 Å². The molecule has 1 aromatic heterocycles. The summed E-state index contributed by atoms with van der Waals surface area (Å²) in [7, 11) is 0. The van der Waals surface area contributed by atoms with Crippen LogP contribution in [0.15, 0.2) is 154 Å². The van der Waals surface area contributed by atoms with Gasteiger partial charge in [0.25, 0.3) is 0 Å². The molecule has 2 heterocycles. The van der Waals surface area contributed by atoms with Crippen LogP contribution < -0.4 is 28.7 Å². The van der Waals surface area contributed by atoms with Gasteiger partial charge in [-0.1, -0.05) is 180 Å². The minimum absolute atomic E-state index is 0.726. The molecule has 0 unspecified atom stereocenters. The maximum absolute atomic E-state index is 6.24. The smallest absolute Gasteiger partial charge is 0.119 e. The number of nitrogens with zero attached hydrogens (tertiary/aromatic N) is 6. The molecule has 86 heavy (non-hydrogen) atoms. The lowest BCUT2D eigenvalue weighted by atomic mass is 9.93. The zero-order valence-electron chi connectivity index (χ0n) is 51.8. The quantitative estimate of drug-likeness (QED) is 0.0351. The fourth-order valence-electron chi connectivity index (χ4n) is 11.3. The highest BCUT2D eigenvalue weighted by Gasteiger charge is 2.27. The van der Waals surface area contributed by atoms with E-state index in [1.54, 1.807) is 0 Å². The number of anilines is 6. The van der Waals surface area contributed by atoms with E-state index in [1.165, 1.54) is 151 Å². The Kier molecular flexibility index (Phi) is 25.8. The number of hydrogen-bond acceptors (Lipinski definition) is 11. The first-order valence-electron chi connectivity index (χ1n) is 32.7. The van der Waals surface area contributed by atoms with Crippen molar-refractivity contribution in [2.45, 2.75) is 182 Å². The first-order valence-corrected chi connectivity index (χ1v) is 34.2. The van der Waals surface area contributed by atoms with Crippen LogP contribution in [0.5, 0.6) is 23.0 Å². The average Bonchev–Trinajstić information content (AvgIpc) is 1.76. The third kappa shape index (κ3) is 18.0. The lowest BCUT2D eigenvalue weighted by Crippen LogP contribution is -2.10. The molecule has 10 nitrogen and oxygen atoms in total. The van der Waals surface area contributed by atoms with Gasteiger partial charge in [-0.25, -0.2) is 0 Å². The molecule has 1 aliphatic rings. The lowest BCUT2D eigenvalue weighted by Gasteiger charge is -2.26. The van der Waals surface area contributed by atoms with Crippen LogP contribution in [0.25, 0.3) is 33.3 Å². The van der Waals surface area contributed by atoms with E-state index in [-0.39, 0.29) is 0 Å². The number of aromatic nitrogens is 2. The molecule has 0 N–H and O–H groups in total. The molecule has 0 spiro atoms. The monoisotopic (exact) mass is 1190 g/mol. The zero-order valence-corrected chi connectivity index (χ0v) is 53.4. The van der Waals surface area contributed by atoms with Crippen LogP contribution in [-0.4, -0.2) is 35.2 Å². The summed E-state index contributed by atoms with van der Waals surface area (Å²) in [6, 6.07) is 51.4. The average molecular weight is 1190 g/mol. The molecule has 0 radical (unpaired) electrons. The van der Waals surface area contributed by atoms with Crippen molar-refractivity contribution in [3.8, 4) is 45.3 Å². The normalized spacial score (nSPS) is 11.7. The Hall–Kier alpha value is -7.02. The van der Waals surface area contributed by atoms with Crippen molar-refractivity contribution in [2.75, 3.05) is 36.2 Å². The number of hydrogen-bond donors (Lipinski definition) is 0. The second-order valence-electron chi connectivity index (χ2n) is 22.9. The number of rotatable bonds is 40. The van der Waals surface area contributed by atoms with Gasteiger partial charge >= 0.3 is 0 Å². The molecule has 0 saturated heterocycles. The van der Waals surface area contributed by atoms with Crippen LogP contribution in [0.3, 0.4) is 0 Å². The molecule has 454 valence electrons. The highest BCUT2D eigenvalue weighted by atomic mass is 32.1. The molecular weight excluding hydrogens is 1100 g/mol. The van der Waals surface area contributed by atoms with Gasteiger partial charge in [-0.05, 0) is 158 Å². The van der Waals surface area contributed by atoms with Gasteiger partial charge in [-0.3, -0.25) is 0 Å². The van der Waals surface area contributed by atoms with Crippen LogP contribution in [0.2, 0.25) is 0 Å². The molecule has 7 aromatic carbocycles. The molecule has 1 aliphatic heterocycles. The topological polar surface area (TPSA) is 93.9 Å². The van der Waals surface area contributed by atoms with Crippen LogP contribution in [-0.2, 0) is 11.4 Å². The Balaban J connectivity index is 0.958. The van der Waals surface area contributed by atoms with E-state index in [9.17, 15) is 0 Å². The van der Waals surface area contributed by atoms with Gasteiger partial charge in [-0.2, -0.15) is 17.5 Å². The number of ether oxygens (including phenoxy) is 4. The summed E-state index contributed by atoms with van der Waals surface area (Å²) in [5, 5.41) is 0. The Morgan fingerprint density at radius 1 is 0.291 bits per heavy atom. The first-order chi connectivity index (χ1) is 42.6. The summed E-state index contributed by atoms with van der Waals surface area (Å²) in [6.45, 7) is 11.9. The molecule has 8 aromatic rings. The third-order valence-corrected chi connectivity index (χ3v) is 17.3. The van der Waals surface area contributed by atoms with Crippen molar-refractivity contribution in [1.82, 2.24) is 8.75 Å². The molecule has 12 heteroatoms. The summed E-state index contributed by atoms with van der Waals surface area (Å²) in [6.07, 6.45) is 29.6. The highest BCUT2D eigenvalue weighted by molar-refractivity contribution is 7.58. The molecule has 0 amide bonds. The summed E-state index contributed by atoms with van der Waals surface area (Å²) in [5.74, 6) is 3.54. The Morgan fingerprint density at radius 3 is 0.779 bits per heavy atom. The lowest BCUT2D eigenvalue weighted by molar-refractivity contribution is 0.304. The number of unbranched alkanes of at least 4 members (excludes halogenated alkanes) is 20. The molecule has 0 bridgehead atoms. The highest BCUT2D eigenvalue weighted by Crippen LogP contribution is 2.52.